The number of nitro benzene ring substituents is 1. The molecule has 0 aromatic heterocycles. The topological polar surface area (TPSA) is 84.7 Å². The summed E-state index contributed by atoms with van der Waals surface area (Å²) in [5.74, 6) is 0.186. The minimum atomic E-state index is -0.783. The third-order valence-electron chi connectivity index (χ3n) is 3.62. The van der Waals surface area contributed by atoms with E-state index >= 15 is 0 Å². The van der Waals surface area contributed by atoms with Crippen molar-refractivity contribution in [3.8, 4) is 5.75 Å². The van der Waals surface area contributed by atoms with Gasteiger partial charge in [0.25, 0.3) is 11.6 Å². The van der Waals surface area contributed by atoms with E-state index in [0.29, 0.717) is 16.9 Å². The first-order chi connectivity index (χ1) is 11.0. The third kappa shape index (κ3) is 2.68. The van der Waals surface area contributed by atoms with Gasteiger partial charge in [0, 0.05) is 37.5 Å². The maximum absolute atomic E-state index is 12.2. The summed E-state index contributed by atoms with van der Waals surface area (Å²) in [6.45, 7) is 0. The van der Waals surface area contributed by atoms with Gasteiger partial charge in [0.1, 0.15) is 5.75 Å². The Morgan fingerprint density at radius 2 is 1.96 bits per heavy atom. The Morgan fingerprint density at radius 3 is 2.65 bits per heavy atom. The zero-order chi connectivity index (χ0) is 16.6. The molecule has 118 valence electrons. The summed E-state index contributed by atoms with van der Waals surface area (Å²) >= 11 is 0. The van der Waals surface area contributed by atoms with E-state index in [9.17, 15) is 14.9 Å². The van der Waals surface area contributed by atoms with Crippen LogP contribution in [-0.4, -0.2) is 24.9 Å². The molecule has 0 radical (unpaired) electrons. The number of para-hydroxylation sites is 1. The Kier molecular flexibility index (Phi) is 3.61. The fourth-order valence-corrected chi connectivity index (χ4v) is 2.52. The van der Waals surface area contributed by atoms with Gasteiger partial charge in [-0.2, -0.15) is 0 Å². The van der Waals surface area contributed by atoms with Crippen LogP contribution in [0, 0.1) is 10.1 Å². The predicted octanol–water partition coefficient (Wildman–Crippen LogP) is 2.48. The number of anilines is 1. The highest BCUT2D eigenvalue weighted by Crippen LogP contribution is 2.34. The van der Waals surface area contributed by atoms with Crippen LogP contribution >= 0.6 is 0 Å². The van der Waals surface area contributed by atoms with Crippen LogP contribution in [0.5, 0.6) is 5.75 Å². The molecule has 0 aliphatic carbocycles. The monoisotopic (exact) mass is 313 g/mol. The Labute approximate surface area is 132 Å². The normalized spacial score (nSPS) is 16.1. The molecule has 1 heterocycles. The quantitative estimate of drug-likeness (QED) is 0.695. The number of nitrogens with zero attached hydrogens (tertiary/aromatic N) is 2. The lowest BCUT2D eigenvalue weighted by Crippen LogP contribution is -2.37. The van der Waals surface area contributed by atoms with Crippen molar-refractivity contribution in [1.29, 1.82) is 0 Å². The second-order valence-electron chi connectivity index (χ2n) is 5.36. The van der Waals surface area contributed by atoms with Crippen molar-refractivity contribution < 1.29 is 14.5 Å². The van der Waals surface area contributed by atoms with E-state index < -0.39 is 11.2 Å². The van der Waals surface area contributed by atoms with E-state index in [4.69, 9.17) is 4.74 Å². The zero-order valence-corrected chi connectivity index (χ0v) is 12.6. The molecule has 1 atom stereocenters. The highest BCUT2D eigenvalue weighted by molar-refractivity contribution is 5.98. The van der Waals surface area contributed by atoms with E-state index in [2.05, 4.69) is 5.32 Å². The molecule has 2 aromatic carbocycles. The molecule has 1 N–H and O–H groups in total. The molecule has 1 aliphatic rings. The molecule has 23 heavy (non-hydrogen) atoms. The van der Waals surface area contributed by atoms with Crippen LogP contribution in [0.1, 0.15) is 22.1 Å². The number of nitro groups is 1. The summed E-state index contributed by atoms with van der Waals surface area (Å²) in [4.78, 5) is 24.6. The molecule has 0 fully saturated rings. The third-order valence-corrected chi connectivity index (χ3v) is 3.62. The molecule has 7 heteroatoms. The Bertz CT molecular complexity index is 789. The summed E-state index contributed by atoms with van der Waals surface area (Å²) in [6, 6.07) is 11.4. The lowest BCUT2D eigenvalue weighted by molar-refractivity contribution is -0.385. The van der Waals surface area contributed by atoms with Gasteiger partial charge in [0.15, 0.2) is 0 Å². The van der Waals surface area contributed by atoms with Crippen LogP contribution in [0.2, 0.25) is 0 Å². The molecule has 7 nitrogen and oxygen atoms in total. The smallest absolute Gasteiger partial charge is 0.270 e. The molecule has 0 saturated heterocycles. The lowest BCUT2D eigenvalue weighted by atomic mass is 10.1. The summed E-state index contributed by atoms with van der Waals surface area (Å²) in [7, 11) is 3.65. The zero-order valence-electron chi connectivity index (χ0n) is 12.6. The highest BCUT2D eigenvalue weighted by atomic mass is 16.6. The van der Waals surface area contributed by atoms with Gasteiger partial charge in [-0.15, -0.1) is 0 Å². The fraction of sp³-hybridized carbons (Fsp3) is 0.188. The number of amides is 1. The number of ether oxygens (including phenoxy) is 1. The second kappa shape index (κ2) is 5.60. The molecule has 2 aromatic rings. The van der Waals surface area contributed by atoms with Gasteiger partial charge in [0.05, 0.1) is 10.5 Å². The van der Waals surface area contributed by atoms with Crippen LogP contribution in [0.4, 0.5) is 11.4 Å². The molecular formula is C16H15N3O4. The Hall–Kier alpha value is -3.09. The summed E-state index contributed by atoms with van der Waals surface area (Å²) in [5.41, 5.74) is 1.66. The van der Waals surface area contributed by atoms with Crippen molar-refractivity contribution in [2.45, 2.75) is 6.23 Å². The predicted molar refractivity (Wildman–Crippen MR) is 84.7 cm³/mol. The van der Waals surface area contributed by atoms with Crippen molar-refractivity contribution in [2.24, 2.45) is 0 Å². The van der Waals surface area contributed by atoms with Gasteiger partial charge in [-0.1, -0.05) is 12.1 Å². The molecule has 0 saturated carbocycles. The largest absolute Gasteiger partial charge is 0.465 e. The molecule has 1 unspecified atom stereocenters. The molecule has 3 rings (SSSR count). The maximum atomic E-state index is 12.2. The average molecular weight is 313 g/mol. The number of hydrogen-bond donors (Lipinski definition) is 1. The SMILES string of the molecule is CN(C)c1ccc([N+](=O)[O-])cc1C1NC(=O)c2ccccc2O1. The summed E-state index contributed by atoms with van der Waals surface area (Å²) < 4.78 is 5.83. The first kappa shape index (κ1) is 14.8. The standard InChI is InChI=1S/C16H15N3O4/c1-18(2)13-8-7-10(19(21)22)9-12(13)16-17-15(20)11-5-3-4-6-14(11)23-16/h3-9,16H,1-2H3,(H,17,20). The number of hydrogen-bond acceptors (Lipinski definition) is 5. The fourth-order valence-electron chi connectivity index (χ4n) is 2.52. The number of nitrogens with one attached hydrogen (secondary N) is 1. The van der Waals surface area contributed by atoms with Gasteiger partial charge in [-0.05, 0) is 18.2 Å². The lowest BCUT2D eigenvalue weighted by Gasteiger charge is -2.29. The van der Waals surface area contributed by atoms with Crippen LogP contribution in [0.3, 0.4) is 0 Å². The van der Waals surface area contributed by atoms with Crippen molar-refractivity contribution in [1.82, 2.24) is 5.32 Å². The van der Waals surface area contributed by atoms with Crippen molar-refractivity contribution in [3.05, 3.63) is 63.7 Å². The van der Waals surface area contributed by atoms with Crippen molar-refractivity contribution in [3.63, 3.8) is 0 Å². The van der Waals surface area contributed by atoms with Gasteiger partial charge >= 0.3 is 0 Å². The van der Waals surface area contributed by atoms with E-state index in [1.165, 1.54) is 12.1 Å². The van der Waals surface area contributed by atoms with Gasteiger partial charge < -0.3 is 15.0 Å². The minimum absolute atomic E-state index is 0.0534. The van der Waals surface area contributed by atoms with E-state index in [-0.39, 0.29) is 11.6 Å². The first-order valence-electron chi connectivity index (χ1n) is 6.99. The van der Waals surface area contributed by atoms with Gasteiger partial charge in [-0.25, -0.2) is 0 Å². The average Bonchev–Trinajstić information content (AvgIpc) is 2.54. The number of rotatable bonds is 3. The molecule has 1 aliphatic heterocycles. The number of benzene rings is 2. The van der Waals surface area contributed by atoms with Crippen LogP contribution < -0.4 is 15.0 Å². The summed E-state index contributed by atoms with van der Waals surface area (Å²) in [5, 5.41) is 13.8. The van der Waals surface area contributed by atoms with Crippen molar-refractivity contribution >= 4 is 17.3 Å². The summed E-state index contributed by atoms with van der Waals surface area (Å²) in [6.07, 6.45) is -0.783. The van der Waals surface area contributed by atoms with Crippen LogP contribution in [0.25, 0.3) is 0 Å². The number of non-ortho nitro benzene ring substituents is 1. The number of fused-ring (bicyclic) bond motifs is 1. The molecule has 0 bridgehead atoms. The second-order valence-corrected chi connectivity index (χ2v) is 5.36. The highest BCUT2D eigenvalue weighted by Gasteiger charge is 2.29. The van der Waals surface area contributed by atoms with Gasteiger partial charge in [0.2, 0.25) is 6.23 Å². The van der Waals surface area contributed by atoms with Crippen LogP contribution in [-0.2, 0) is 0 Å². The molecule has 0 spiro atoms. The Morgan fingerprint density at radius 1 is 1.22 bits per heavy atom. The Balaban J connectivity index is 2.06. The van der Waals surface area contributed by atoms with E-state index in [1.54, 1.807) is 30.3 Å². The maximum Gasteiger partial charge on any atom is 0.270 e. The van der Waals surface area contributed by atoms with E-state index in [1.807, 2.05) is 19.0 Å². The minimum Gasteiger partial charge on any atom is -0.465 e. The van der Waals surface area contributed by atoms with E-state index in [0.717, 1.165) is 5.69 Å². The van der Waals surface area contributed by atoms with Crippen molar-refractivity contribution in [2.75, 3.05) is 19.0 Å². The number of carbonyl (C=O) groups is 1. The molecule has 1 amide bonds. The van der Waals surface area contributed by atoms with Gasteiger partial charge in [-0.3, -0.25) is 14.9 Å². The molecular weight excluding hydrogens is 298 g/mol. The first-order valence-corrected chi connectivity index (χ1v) is 6.99. The van der Waals surface area contributed by atoms with Crippen LogP contribution in [0.15, 0.2) is 42.5 Å². The number of carbonyl (C=O) groups excluding carboxylic acids is 1.